The van der Waals surface area contributed by atoms with Crippen molar-refractivity contribution in [1.82, 2.24) is 10.7 Å². The molecule has 0 saturated heterocycles. The van der Waals surface area contributed by atoms with Crippen LogP contribution in [0.5, 0.6) is 0 Å². The number of hydrogen-bond acceptors (Lipinski definition) is 2. The first-order valence-corrected chi connectivity index (χ1v) is 3.99. The summed E-state index contributed by atoms with van der Waals surface area (Å²) in [6.07, 6.45) is 3.36. The van der Waals surface area contributed by atoms with E-state index in [-0.39, 0.29) is 6.03 Å². The topological polar surface area (TPSA) is 67.2 Å². The highest BCUT2D eigenvalue weighted by Crippen LogP contribution is 2.24. The zero-order valence-electron chi connectivity index (χ0n) is 6.76. The van der Waals surface area contributed by atoms with E-state index in [0.717, 1.165) is 18.8 Å². The minimum atomic E-state index is -0.274. The van der Waals surface area contributed by atoms with E-state index in [1.807, 2.05) is 0 Å². The summed E-state index contributed by atoms with van der Waals surface area (Å²) in [6.45, 7) is 2.20. The Morgan fingerprint density at radius 2 is 2.27 bits per heavy atom. The molecule has 0 aromatic carbocycles. The van der Waals surface area contributed by atoms with Crippen LogP contribution in [0.3, 0.4) is 0 Å². The molecule has 0 aromatic rings. The molecule has 4 N–H and O–H groups in total. The van der Waals surface area contributed by atoms with Gasteiger partial charge in [-0.05, 0) is 25.2 Å². The highest BCUT2D eigenvalue weighted by Gasteiger charge is 2.21. The molecule has 1 fully saturated rings. The first-order chi connectivity index (χ1) is 5.22. The van der Waals surface area contributed by atoms with Crippen molar-refractivity contribution in [3.8, 4) is 0 Å². The fraction of sp³-hybridized carbons (Fsp3) is 0.857. The van der Waals surface area contributed by atoms with E-state index in [0.29, 0.717) is 6.04 Å². The maximum atomic E-state index is 10.7. The predicted octanol–water partition coefficient (Wildman–Crippen LogP) is 0.348. The summed E-state index contributed by atoms with van der Waals surface area (Å²) in [4.78, 5) is 10.7. The lowest BCUT2D eigenvalue weighted by atomic mass is 10.1. The van der Waals surface area contributed by atoms with Crippen molar-refractivity contribution in [2.45, 2.75) is 32.2 Å². The Bertz CT molecular complexity index is 149. The van der Waals surface area contributed by atoms with Crippen LogP contribution >= 0.6 is 0 Å². The average molecular weight is 157 g/mol. The van der Waals surface area contributed by atoms with Crippen LogP contribution in [0.4, 0.5) is 4.79 Å². The normalized spacial score (nSPS) is 30.0. The van der Waals surface area contributed by atoms with Crippen LogP contribution in [0.1, 0.15) is 26.2 Å². The van der Waals surface area contributed by atoms with Crippen LogP contribution in [0, 0.1) is 5.92 Å². The van der Waals surface area contributed by atoms with Crippen LogP contribution < -0.4 is 16.6 Å². The second-order valence-corrected chi connectivity index (χ2v) is 3.23. The van der Waals surface area contributed by atoms with E-state index >= 15 is 0 Å². The molecule has 11 heavy (non-hydrogen) atoms. The zero-order chi connectivity index (χ0) is 8.27. The summed E-state index contributed by atoms with van der Waals surface area (Å²) in [7, 11) is 0. The van der Waals surface area contributed by atoms with E-state index < -0.39 is 0 Å². The highest BCUT2D eigenvalue weighted by molar-refractivity contribution is 5.73. The average Bonchev–Trinajstić information content (AvgIpc) is 2.35. The Hall–Kier alpha value is -0.770. The second kappa shape index (κ2) is 3.57. The first kappa shape index (κ1) is 8.33. The molecule has 1 rings (SSSR count). The lowest BCUT2D eigenvalue weighted by molar-refractivity contribution is 0.237. The Morgan fingerprint density at radius 1 is 1.55 bits per heavy atom. The van der Waals surface area contributed by atoms with Crippen LogP contribution in [-0.4, -0.2) is 12.1 Å². The lowest BCUT2D eigenvalue weighted by Crippen LogP contribution is -2.44. The molecule has 64 valence electrons. The molecule has 1 aliphatic rings. The van der Waals surface area contributed by atoms with E-state index in [2.05, 4.69) is 17.7 Å². The minimum absolute atomic E-state index is 0.274. The van der Waals surface area contributed by atoms with Crippen molar-refractivity contribution < 1.29 is 4.79 Å². The first-order valence-electron chi connectivity index (χ1n) is 3.99. The Balaban J connectivity index is 2.23. The number of carbonyl (C=O) groups is 1. The van der Waals surface area contributed by atoms with Crippen molar-refractivity contribution in [2.75, 3.05) is 0 Å². The number of hydrogen-bond donors (Lipinski definition) is 3. The van der Waals surface area contributed by atoms with E-state index in [9.17, 15) is 4.79 Å². The van der Waals surface area contributed by atoms with Gasteiger partial charge in [-0.3, -0.25) is 5.43 Å². The molecule has 2 atom stereocenters. The molecule has 1 aliphatic carbocycles. The van der Waals surface area contributed by atoms with Gasteiger partial charge in [-0.2, -0.15) is 0 Å². The summed E-state index contributed by atoms with van der Waals surface area (Å²) in [5, 5.41) is 2.78. The fourth-order valence-electron chi connectivity index (χ4n) is 1.57. The molecule has 0 aromatic heterocycles. The summed E-state index contributed by atoms with van der Waals surface area (Å²) in [6, 6.07) is 0.0534. The third kappa shape index (κ3) is 2.38. The van der Waals surface area contributed by atoms with Gasteiger partial charge in [-0.1, -0.05) is 6.92 Å². The smallest absolute Gasteiger partial charge is 0.329 e. The Labute approximate surface area is 66.5 Å². The van der Waals surface area contributed by atoms with Gasteiger partial charge < -0.3 is 5.32 Å². The second-order valence-electron chi connectivity index (χ2n) is 3.23. The van der Waals surface area contributed by atoms with Gasteiger partial charge >= 0.3 is 6.03 Å². The standard InChI is InChI=1S/C7H15N3O/c1-5-2-3-6(4-5)9-7(11)10-8/h5-6H,2-4,8H2,1H3,(H2,9,10,11). The van der Waals surface area contributed by atoms with E-state index in [1.54, 1.807) is 0 Å². The molecule has 0 heterocycles. The summed E-state index contributed by atoms with van der Waals surface area (Å²) in [5.74, 6) is 5.66. The molecule has 4 nitrogen and oxygen atoms in total. The molecule has 0 bridgehead atoms. The quantitative estimate of drug-likeness (QED) is 0.292. The largest absolute Gasteiger partial charge is 0.334 e. The maximum Gasteiger partial charge on any atom is 0.329 e. The van der Waals surface area contributed by atoms with Crippen LogP contribution in [0.15, 0.2) is 0 Å². The summed E-state index contributed by atoms with van der Waals surface area (Å²) in [5.41, 5.74) is 2.06. The van der Waals surface area contributed by atoms with Crippen LogP contribution in [-0.2, 0) is 0 Å². The Kier molecular flexibility index (Phi) is 2.70. The van der Waals surface area contributed by atoms with Crippen molar-refractivity contribution in [3.05, 3.63) is 0 Å². The van der Waals surface area contributed by atoms with Gasteiger partial charge in [0.25, 0.3) is 0 Å². The lowest BCUT2D eigenvalue weighted by Gasteiger charge is -2.10. The number of nitrogens with one attached hydrogen (secondary N) is 2. The number of amides is 2. The van der Waals surface area contributed by atoms with Crippen LogP contribution in [0.2, 0.25) is 0 Å². The molecular formula is C7H15N3O. The number of carbonyl (C=O) groups excluding carboxylic acids is 1. The fourth-order valence-corrected chi connectivity index (χ4v) is 1.57. The highest BCUT2D eigenvalue weighted by atomic mass is 16.2. The monoisotopic (exact) mass is 157 g/mol. The van der Waals surface area contributed by atoms with Gasteiger partial charge in [-0.15, -0.1) is 0 Å². The van der Waals surface area contributed by atoms with E-state index in [4.69, 9.17) is 5.84 Å². The summed E-state index contributed by atoms with van der Waals surface area (Å²) >= 11 is 0. The predicted molar refractivity (Wildman–Crippen MR) is 42.7 cm³/mol. The molecule has 0 radical (unpaired) electrons. The molecule has 2 unspecified atom stereocenters. The summed E-state index contributed by atoms with van der Waals surface area (Å²) < 4.78 is 0. The maximum absolute atomic E-state index is 10.7. The van der Waals surface area contributed by atoms with Crippen molar-refractivity contribution >= 4 is 6.03 Å². The number of hydrazine groups is 1. The van der Waals surface area contributed by atoms with Gasteiger partial charge in [0.2, 0.25) is 0 Å². The van der Waals surface area contributed by atoms with Crippen molar-refractivity contribution in [2.24, 2.45) is 11.8 Å². The van der Waals surface area contributed by atoms with Gasteiger partial charge in [0.1, 0.15) is 0 Å². The third-order valence-corrected chi connectivity index (χ3v) is 2.16. The number of nitrogens with two attached hydrogens (primary N) is 1. The molecule has 2 amide bonds. The third-order valence-electron chi connectivity index (χ3n) is 2.16. The van der Waals surface area contributed by atoms with E-state index in [1.165, 1.54) is 6.42 Å². The SMILES string of the molecule is CC1CCC(NC(=O)NN)C1. The number of rotatable bonds is 1. The van der Waals surface area contributed by atoms with Crippen molar-refractivity contribution in [1.29, 1.82) is 0 Å². The Morgan fingerprint density at radius 3 is 2.73 bits per heavy atom. The molecule has 1 saturated carbocycles. The van der Waals surface area contributed by atoms with Gasteiger partial charge in [0.15, 0.2) is 0 Å². The minimum Gasteiger partial charge on any atom is -0.334 e. The van der Waals surface area contributed by atoms with Gasteiger partial charge in [0, 0.05) is 6.04 Å². The van der Waals surface area contributed by atoms with Crippen molar-refractivity contribution in [3.63, 3.8) is 0 Å². The molecule has 0 spiro atoms. The molecule has 0 aliphatic heterocycles. The molecular weight excluding hydrogens is 142 g/mol. The van der Waals surface area contributed by atoms with Crippen LogP contribution in [0.25, 0.3) is 0 Å². The number of urea groups is 1. The molecule has 4 heteroatoms. The zero-order valence-corrected chi connectivity index (χ0v) is 6.76. The van der Waals surface area contributed by atoms with Gasteiger partial charge in [-0.25, -0.2) is 10.6 Å². The van der Waals surface area contributed by atoms with Gasteiger partial charge in [0.05, 0.1) is 0 Å².